The van der Waals surface area contributed by atoms with Gasteiger partial charge in [-0.05, 0) is 38.4 Å². The molecule has 1 fully saturated rings. The lowest BCUT2D eigenvalue weighted by Gasteiger charge is -2.33. The van der Waals surface area contributed by atoms with Gasteiger partial charge in [0.1, 0.15) is 5.82 Å². The minimum atomic E-state index is -0.220. The molecule has 0 saturated carbocycles. The second-order valence-corrected chi connectivity index (χ2v) is 5.69. The molecule has 106 valence electrons. The van der Waals surface area contributed by atoms with Gasteiger partial charge in [0.25, 0.3) is 0 Å². The van der Waals surface area contributed by atoms with Crippen LogP contribution in [0.2, 0.25) is 5.02 Å². The molecule has 0 radical (unpaired) electrons. The van der Waals surface area contributed by atoms with E-state index in [1.54, 1.807) is 12.1 Å². The van der Waals surface area contributed by atoms with E-state index in [0.717, 1.165) is 26.1 Å². The van der Waals surface area contributed by atoms with E-state index in [4.69, 9.17) is 16.3 Å². The van der Waals surface area contributed by atoms with Crippen LogP contribution in [-0.2, 0) is 11.2 Å². The van der Waals surface area contributed by atoms with Crippen molar-refractivity contribution >= 4 is 11.6 Å². The normalized spacial score (nSPS) is 26.8. The van der Waals surface area contributed by atoms with E-state index in [9.17, 15) is 4.39 Å². The highest BCUT2D eigenvalue weighted by molar-refractivity contribution is 6.31. The van der Waals surface area contributed by atoms with Crippen molar-refractivity contribution in [2.75, 3.05) is 19.7 Å². The van der Waals surface area contributed by atoms with Crippen LogP contribution in [0.25, 0.3) is 0 Å². The van der Waals surface area contributed by atoms with Gasteiger partial charge in [-0.25, -0.2) is 4.39 Å². The highest BCUT2D eigenvalue weighted by atomic mass is 35.5. The van der Waals surface area contributed by atoms with Crippen LogP contribution in [0.4, 0.5) is 4.39 Å². The molecule has 1 heterocycles. The summed E-state index contributed by atoms with van der Waals surface area (Å²) in [7, 11) is 0. The van der Waals surface area contributed by atoms with Gasteiger partial charge in [-0.15, -0.1) is 0 Å². The van der Waals surface area contributed by atoms with E-state index < -0.39 is 0 Å². The number of hydrogen-bond donors (Lipinski definition) is 1. The molecule has 1 N–H and O–H groups in total. The third-order valence-electron chi connectivity index (χ3n) is 4.15. The lowest BCUT2D eigenvalue weighted by atomic mass is 9.76. The van der Waals surface area contributed by atoms with Crippen LogP contribution in [0.5, 0.6) is 0 Å². The summed E-state index contributed by atoms with van der Waals surface area (Å²) in [6, 6.07) is 4.87. The number of ether oxygens (including phenoxy) is 1. The summed E-state index contributed by atoms with van der Waals surface area (Å²) in [5.74, 6) is -0.220. The Kier molecular flexibility index (Phi) is 4.82. The molecule has 0 amide bonds. The fourth-order valence-electron chi connectivity index (χ4n) is 2.77. The van der Waals surface area contributed by atoms with E-state index in [1.807, 2.05) is 0 Å². The highest BCUT2D eigenvalue weighted by Gasteiger charge is 2.42. The van der Waals surface area contributed by atoms with E-state index in [0.29, 0.717) is 17.0 Å². The third-order valence-corrected chi connectivity index (χ3v) is 4.50. The predicted molar refractivity (Wildman–Crippen MR) is 76.1 cm³/mol. The van der Waals surface area contributed by atoms with Crippen molar-refractivity contribution in [3.05, 3.63) is 34.6 Å². The number of nitrogens with one attached hydrogen (secondary N) is 1. The molecule has 0 aliphatic carbocycles. The molecular weight excluding hydrogens is 265 g/mol. The van der Waals surface area contributed by atoms with Crippen LogP contribution < -0.4 is 5.32 Å². The van der Waals surface area contributed by atoms with E-state index in [-0.39, 0.29) is 17.3 Å². The Morgan fingerprint density at radius 2 is 2.32 bits per heavy atom. The van der Waals surface area contributed by atoms with Gasteiger partial charge in [0.2, 0.25) is 0 Å². The molecule has 2 nitrogen and oxygen atoms in total. The van der Waals surface area contributed by atoms with Crippen LogP contribution in [0.1, 0.15) is 25.8 Å². The van der Waals surface area contributed by atoms with Crippen molar-refractivity contribution < 1.29 is 9.13 Å². The first kappa shape index (κ1) is 14.8. The van der Waals surface area contributed by atoms with Crippen molar-refractivity contribution in [1.82, 2.24) is 5.32 Å². The van der Waals surface area contributed by atoms with Crippen molar-refractivity contribution in [3.8, 4) is 0 Å². The summed E-state index contributed by atoms with van der Waals surface area (Å²) < 4.78 is 19.7. The topological polar surface area (TPSA) is 21.3 Å². The molecule has 2 atom stereocenters. The number of hydrogen-bond acceptors (Lipinski definition) is 2. The maximum atomic E-state index is 14.0. The second kappa shape index (κ2) is 6.21. The van der Waals surface area contributed by atoms with E-state index in [1.165, 1.54) is 6.07 Å². The van der Waals surface area contributed by atoms with Gasteiger partial charge in [0, 0.05) is 29.2 Å². The van der Waals surface area contributed by atoms with Gasteiger partial charge >= 0.3 is 0 Å². The molecule has 4 heteroatoms. The lowest BCUT2D eigenvalue weighted by molar-refractivity contribution is 0.0629. The first-order valence-corrected chi connectivity index (χ1v) is 7.22. The van der Waals surface area contributed by atoms with Crippen LogP contribution in [0.15, 0.2) is 18.2 Å². The summed E-state index contributed by atoms with van der Waals surface area (Å²) in [4.78, 5) is 0. The molecule has 19 heavy (non-hydrogen) atoms. The molecule has 1 saturated heterocycles. The van der Waals surface area contributed by atoms with Crippen molar-refractivity contribution in [2.24, 2.45) is 5.41 Å². The minimum Gasteiger partial charge on any atom is -0.378 e. The zero-order chi connectivity index (χ0) is 13.9. The van der Waals surface area contributed by atoms with Crippen LogP contribution in [0.3, 0.4) is 0 Å². The summed E-state index contributed by atoms with van der Waals surface area (Å²) in [5.41, 5.74) is 0.543. The van der Waals surface area contributed by atoms with Gasteiger partial charge in [0.05, 0.1) is 6.10 Å². The predicted octanol–water partition coefficient (Wildman–Crippen LogP) is 3.43. The second-order valence-electron chi connectivity index (χ2n) is 5.28. The SMILES string of the molecule is CCNCC1(Cc2c(F)cccc2Cl)CCOC1C. The van der Waals surface area contributed by atoms with Crippen molar-refractivity contribution in [1.29, 1.82) is 0 Å². The first-order valence-electron chi connectivity index (χ1n) is 6.84. The van der Waals surface area contributed by atoms with Gasteiger partial charge in [0.15, 0.2) is 0 Å². The van der Waals surface area contributed by atoms with Gasteiger partial charge in [-0.3, -0.25) is 0 Å². The monoisotopic (exact) mass is 285 g/mol. The Bertz CT molecular complexity index is 420. The van der Waals surface area contributed by atoms with E-state index in [2.05, 4.69) is 19.2 Å². The Hall–Kier alpha value is -0.640. The third kappa shape index (κ3) is 3.10. The maximum Gasteiger partial charge on any atom is 0.127 e. The fourth-order valence-corrected chi connectivity index (χ4v) is 3.00. The van der Waals surface area contributed by atoms with Gasteiger partial charge < -0.3 is 10.1 Å². The lowest BCUT2D eigenvalue weighted by Crippen LogP contribution is -2.41. The molecule has 1 aliphatic heterocycles. The Balaban J connectivity index is 2.25. The van der Waals surface area contributed by atoms with Gasteiger partial charge in [-0.2, -0.15) is 0 Å². The number of halogens is 2. The molecule has 2 rings (SSSR count). The summed E-state index contributed by atoms with van der Waals surface area (Å²) in [6.07, 6.45) is 1.67. The smallest absolute Gasteiger partial charge is 0.127 e. The number of rotatable bonds is 5. The molecular formula is C15H21ClFNO. The molecule has 0 aromatic heterocycles. The van der Waals surface area contributed by atoms with Crippen LogP contribution >= 0.6 is 11.6 Å². The summed E-state index contributed by atoms with van der Waals surface area (Å²) in [5, 5.41) is 3.88. The molecule has 1 aliphatic rings. The fraction of sp³-hybridized carbons (Fsp3) is 0.600. The summed E-state index contributed by atoms with van der Waals surface area (Å²) in [6.45, 7) is 6.61. The van der Waals surface area contributed by atoms with Crippen LogP contribution in [-0.4, -0.2) is 25.8 Å². The number of benzene rings is 1. The quantitative estimate of drug-likeness (QED) is 0.895. The van der Waals surface area contributed by atoms with Crippen molar-refractivity contribution in [3.63, 3.8) is 0 Å². The highest BCUT2D eigenvalue weighted by Crippen LogP contribution is 2.39. The molecule has 0 spiro atoms. The van der Waals surface area contributed by atoms with Gasteiger partial charge in [-0.1, -0.05) is 24.6 Å². The van der Waals surface area contributed by atoms with Crippen molar-refractivity contribution in [2.45, 2.75) is 32.8 Å². The maximum absolute atomic E-state index is 14.0. The van der Waals surface area contributed by atoms with E-state index >= 15 is 0 Å². The zero-order valence-corrected chi connectivity index (χ0v) is 12.3. The molecule has 2 unspecified atom stereocenters. The largest absolute Gasteiger partial charge is 0.378 e. The molecule has 0 bridgehead atoms. The zero-order valence-electron chi connectivity index (χ0n) is 11.5. The Morgan fingerprint density at radius 1 is 1.53 bits per heavy atom. The standard InChI is InChI=1S/C15H21ClFNO/c1-3-18-10-15(7-8-19-11(15)2)9-12-13(16)5-4-6-14(12)17/h4-6,11,18H,3,7-10H2,1-2H3. The first-order chi connectivity index (χ1) is 9.09. The average Bonchev–Trinajstić information content (AvgIpc) is 2.74. The molecule has 1 aromatic rings. The van der Waals surface area contributed by atoms with Crippen LogP contribution in [0, 0.1) is 11.2 Å². The average molecular weight is 286 g/mol. The minimum absolute atomic E-state index is 0.0676. The Labute approximate surface area is 119 Å². The summed E-state index contributed by atoms with van der Waals surface area (Å²) >= 11 is 6.15. The Morgan fingerprint density at radius 3 is 2.89 bits per heavy atom. The molecule has 1 aromatic carbocycles.